The van der Waals surface area contributed by atoms with Crippen LogP contribution in [0, 0.1) is 0 Å². The number of carboxylic acids is 1. The third-order valence-corrected chi connectivity index (χ3v) is 4.49. The summed E-state index contributed by atoms with van der Waals surface area (Å²) in [5.41, 5.74) is 0. The zero-order chi connectivity index (χ0) is 13.8. The van der Waals surface area contributed by atoms with Crippen molar-refractivity contribution < 1.29 is 28.5 Å². The van der Waals surface area contributed by atoms with Gasteiger partial charge in [0, 0.05) is 6.54 Å². The van der Waals surface area contributed by atoms with Crippen LogP contribution in [0.25, 0.3) is 0 Å². The monoisotopic (exact) mass is 282 g/mol. The minimum Gasteiger partial charge on any atom is -0.480 e. The normalized spacial score (nSPS) is 22.3. The van der Waals surface area contributed by atoms with Crippen molar-refractivity contribution in [3.05, 3.63) is 0 Å². The number of rotatable bonds is 6. The Labute approximate surface area is 105 Å². The van der Waals surface area contributed by atoms with Crippen LogP contribution in [0.3, 0.4) is 0 Å². The van der Waals surface area contributed by atoms with Gasteiger partial charge in [-0.15, -0.1) is 0 Å². The SMILES string of the molecule is O=C(O)C1CCCCN1S(=O)(=O)NC(CO)CO. The zero-order valence-electron chi connectivity index (χ0n) is 9.82. The second kappa shape index (κ2) is 6.43. The summed E-state index contributed by atoms with van der Waals surface area (Å²) in [6.07, 6.45) is 1.51. The first-order valence-corrected chi connectivity index (χ1v) is 7.10. The molecule has 1 aliphatic rings. The van der Waals surface area contributed by atoms with E-state index in [4.69, 9.17) is 15.3 Å². The molecule has 0 radical (unpaired) electrons. The van der Waals surface area contributed by atoms with Gasteiger partial charge in [-0.1, -0.05) is 0 Å². The third kappa shape index (κ3) is 3.62. The maximum absolute atomic E-state index is 12.0. The summed E-state index contributed by atoms with van der Waals surface area (Å²) in [6, 6.07) is -2.11. The summed E-state index contributed by atoms with van der Waals surface area (Å²) in [4.78, 5) is 11.0. The molecule has 0 aromatic rings. The minimum atomic E-state index is -4.02. The lowest BCUT2D eigenvalue weighted by Crippen LogP contribution is -2.55. The molecule has 0 amide bonds. The van der Waals surface area contributed by atoms with E-state index in [-0.39, 0.29) is 13.0 Å². The third-order valence-electron chi connectivity index (χ3n) is 2.80. The van der Waals surface area contributed by atoms with E-state index in [1.54, 1.807) is 0 Å². The number of piperidine rings is 1. The molecule has 1 rings (SSSR count). The second-order valence-corrected chi connectivity index (χ2v) is 5.80. The molecule has 0 aromatic heterocycles. The minimum absolute atomic E-state index is 0.121. The molecule has 0 bridgehead atoms. The number of aliphatic hydroxyl groups is 2. The van der Waals surface area contributed by atoms with E-state index in [2.05, 4.69) is 4.72 Å². The molecule has 1 heterocycles. The maximum Gasteiger partial charge on any atom is 0.322 e. The van der Waals surface area contributed by atoms with E-state index in [0.29, 0.717) is 12.8 Å². The smallest absolute Gasteiger partial charge is 0.322 e. The summed E-state index contributed by atoms with van der Waals surface area (Å²) in [7, 11) is -4.02. The van der Waals surface area contributed by atoms with Crippen LogP contribution in [0.2, 0.25) is 0 Å². The van der Waals surface area contributed by atoms with Gasteiger partial charge < -0.3 is 15.3 Å². The first-order chi connectivity index (χ1) is 8.42. The van der Waals surface area contributed by atoms with Crippen LogP contribution >= 0.6 is 0 Å². The van der Waals surface area contributed by atoms with Crippen LogP contribution in [-0.2, 0) is 15.0 Å². The van der Waals surface area contributed by atoms with Crippen molar-refractivity contribution in [3.8, 4) is 0 Å². The Hall–Kier alpha value is -0.740. The second-order valence-electron chi connectivity index (χ2n) is 4.15. The van der Waals surface area contributed by atoms with Crippen LogP contribution in [0.1, 0.15) is 19.3 Å². The molecule has 1 saturated heterocycles. The van der Waals surface area contributed by atoms with Crippen LogP contribution in [0.5, 0.6) is 0 Å². The van der Waals surface area contributed by atoms with Gasteiger partial charge in [-0.05, 0) is 19.3 Å². The molecular weight excluding hydrogens is 264 g/mol. The molecule has 1 atom stereocenters. The number of carbonyl (C=O) groups is 1. The molecule has 1 aliphatic heterocycles. The lowest BCUT2D eigenvalue weighted by molar-refractivity contribution is -0.142. The first-order valence-electron chi connectivity index (χ1n) is 5.66. The fraction of sp³-hybridized carbons (Fsp3) is 0.889. The van der Waals surface area contributed by atoms with E-state index in [9.17, 15) is 13.2 Å². The van der Waals surface area contributed by atoms with Crippen molar-refractivity contribution in [1.29, 1.82) is 0 Å². The summed E-state index contributed by atoms with van der Waals surface area (Å²) >= 11 is 0. The fourth-order valence-corrected chi connectivity index (χ4v) is 3.46. The van der Waals surface area contributed by atoms with Gasteiger partial charge in [-0.25, -0.2) is 0 Å². The van der Waals surface area contributed by atoms with E-state index < -0.39 is 41.5 Å². The fourth-order valence-electron chi connectivity index (χ4n) is 1.85. The Kier molecular flexibility index (Phi) is 5.47. The van der Waals surface area contributed by atoms with Gasteiger partial charge in [0.15, 0.2) is 0 Å². The number of carboxylic acid groups (broad SMARTS) is 1. The lowest BCUT2D eigenvalue weighted by Gasteiger charge is -2.32. The topological polar surface area (TPSA) is 127 Å². The summed E-state index contributed by atoms with van der Waals surface area (Å²) in [6.45, 7) is -0.988. The van der Waals surface area contributed by atoms with E-state index in [0.717, 1.165) is 4.31 Å². The molecular formula is C9H18N2O6S. The number of nitrogens with one attached hydrogen (secondary N) is 1. The first kappa shape index (κ1) is 15.3. The Morgan fingerprint density at radius 2 is 1.94 bits per heavy atom. The Morgan fingerprint density at radius 3 is 2.44 bits per heavy atom. The predicted octanol–water partition coefficient (Wildman–Crippen LogP) is -1.89. The summed E-state index contributed by atoms with van der Waals surface area (Å²) < 4.78 is 26.9. The summed E-state index contributed by atoms with van der Waals surface area (Å²) in [5, 5.41) is 26.7. The molecule has 9 heteroatoms. The number of nitrogens with zero attached hydrogens (tertiary/aromatic N) is 1. The molecule has 0 spiro atoms. The average molecular weight is 282 g/mol. The van der Waals surface area contributed by atoms with Crippen molar-refractivity contribution in [3.63, 3.8) is 0 Å². The predicted molar refractivity (Wildman–Crippen MR) is 62.0 cm³/mol. The van der Waals surface area contributed by atoms with Crippen molar-refractivity contribution in [2.24, 2.45) is 0 Å². The Bertz CT molecular complexity index is 381. The lowest BCUT2D eigenvalue weighted by atomic mass is 10.1. The molecule has 106 valence electrons. The van der Waals surface area contributed by atoms with Gasteiger partial charge in [-0.2, -0.15) is 17.4 Å². The highest BCUT2D eigenvalue weighted by molar-refractivity contribution is 7.87. The van der Waals surface area contributed by atoms with Gasteiger partial charge in [0.1, 0.15) is 6.04 Å². The van der Waals surface area contributed by atoms with E-state index in [1.165, 1.54) is 0 Å². The average Bonchev–Trinajstić information content (AvgIpc) is 2.36. The highest BCUT2D eigenvalue weighted by atomic mass is 32.2. The highest BCUT2D eigenvalue weighted by Crippen LogP contribution is 2.20. The molecule has 0 saturated carbocycles. The molecule has 4 N–H and O–H groups in total. The molecule has 1 unspecified atom stereocenters. The summed E-state index contributed by atoms with van der Waals surface area (Å²) in [5.74, 6) is -1.19. The van der Waals surface area contributed by atoms with Crippen molar-refractivity contribution >= 4 is 16.2 Å². The van der Waals surface area contributed by atoms with Crippen LogP contribution in [-0.4, -0.2) is 65.9 Å². The molecule has 0 aliphatic carbocycles. The zero-order valence-corrected chi connectivity index (χ0v) is 10.6. The highest BCUT2D eigenvalue weighted by Gasteiger charge is 2.37. The van der Waals surface area contributed by atoms with Gasteiger partial charge >= 0.3 is 5.97 Å². The molecule has 0 aromatic carbocycles. The molecule has 1 fully saturated rings. The number of aliphatic hydroxyl groups excluding tert-OH is 2. The molecule has 18 heavy (non-hydrogen) atoms. The maximum atomic E-state index is 12.0. The Morgan fingerprint density at radius 1 is 1.33 bits per heavy atom. The van der Waals surface area contributed by atoms with Gasteiger partial charge in [0.25, 0.3) is 10.2 Å². The number of aliphatic carboxylic acids is 1. The van der Waals surface area contributed by atoms with Crippen LogP contribution < -0.4 is 4.72 Å². The van der Waals surface area contributed by atoms with Gasteiger partial charge in [0.05, 0.1) is 19.3 Å². The van der Waals surface area contributed by atoms with Crippen molar-refractivity contribution in [2.45, 2.75) is 31.3 Å². The van der Waals surface area contributed by atoms with E-state index >= 15 is 0 Å². The number of hydrogen-bond acceptors (Lipinski definition) is 5. The van der Waals surface area contributed by atoms with Crippen molar-refractivity contribution in [1.82, 2.24) is 9.03 Å². The largest absolute Gasteiger partial charge is 0.480 e. The Balaban J connectivity index is 2.84. The van der Waals surface area contributed by atoms with E-state index in [1.807, 2.05) is 0 Å². The van der Waals surface area contributed by atoms with Gasteiger partial charge in [-0.3, -0.25) is 4.79 Å². The van der Waals surface area contributed by atoms with Crippen LogP contribution in [0.4, 0.5) is 0 Å². The number of hydrogen-bond donors (Lipinski definition) is 4. The quantitative estimate of drug-likeness (QED) is 0.451. The van der Waals surface area contributed by atoms with Gasteiger partial charge in [0.2, 0.25) is 0 Å². The molecule has 8 nitrogen and oxygen atoms in total. The standard InChI is InChI=1S/C9H18N2O6S/c12-5-7(6-13)10-18(16,17)11-4-2-1-3-8(11)9(14)15/h7-8,10,12-13H,1-6H2,(H,14,15). The van der Waals surface area contributed by atoms with Crippen molar-refractivity contribution in [2.75, 3.05) is 19.8 Å². The van der Waals surface area contributed by atoms with Crippen LogP contribution in [0.15, 0.2) is 0 Å².